The molecule has 0 saturated carbocycles. The molecule has 0 aromatic carbocycles. The lowest BCUT2D eigenvalue weighted by molar-refractivity contribution is 0.141. The van der Waals surface area contributed by atoms with Gasteiger partial charge in [-0.3, -0.25) is 4.98 Å². The van der Waals surface area contributed by atoms with Crippen LogP contribution < -0.4 is 4.74 Å². The van der Waals surface area contributed by atoms with Crippen LogP contribution in [0.4, 0.5) is 13.2 Å². The van der Waals surface area contributed by atoms with Crippen LogP contribution in [0, 0.1) is 0 Å². The second-order valence-electron chi connectivity index (χ2n) is 2.37. The molecule has 0 aliphatic carbocycles. The molecule has 0 aliphatic heterocycles. The van der Waals surface area contributed by atoms with Gasteiger partial charge in [-0.15, -0.1) is 0 Å². The van der Waals surface area contributed by atoms with E-state index in [1.54, 1.807) is 0 Å². The van der Waals surface area contributed by atoms with Crippen molar-refractivity contribution in [2.75, 3.05) is 7.11 Å². The second kappa shape index (κ2) is 4.11. The van der Waals surface area contributed by atoms with Crippen LogP contribution in [0.25, 0.3) is 0 Å². The average molecular weight is 191 g/mol. The molecule has 0 fully saturated rings. The molecule has 13 heavy (non-hydrogen) atoms. The van der Waals surface area contributed by atoms with Gasteiger partial charge in [0.05, 0.1) is 7.11 Å². The van der Waals surface area contributed by atoms with Gasteiger partial charge in [-0.1, -0.05) is 0 Å². The maximum Gasteiger partial charge on any atom is 0.284 e. The van der Waals surface area contributed by atoms with Gasteiger partial charge < -0.3 is 4.74 Å². The largest absolute Gasteiger partial charge is 0.495 e. The first-order chi connectivity index (χ1) is 6.19. The summed E-state index contributed by atoms with van der Waals surface area (Å²) in [5.41, 5.74) is -0.235. The minimum Gasteiger partial charge on any atom is -0.495 e. The Morgan fingerprint density at radius 1 is 1.54 bits per heavy atom. The predicted molar refractivity (Wildman–Crippen MR) is 40.6 cm³/mol. The number of aromatic nitrogens is 1. The molecule has 1 aromatic rings. The van der Waals surface area contributed by atoms with E-state index in [0.717, 1.165) is 6.20 Å². The summed E-state index contributed by atoms with van der Waals surface area (Å²) in [6, 6.07) is 1.22. The third-order valence-electron chi connectivity index (χ3n) is 1.52. The van der Waals surface area contributed by atoms with E-state index in [2.05, 4.69) is 9.72 Å². The van der Waals surface area contributed by atoms with Gasteiger partial charge in [-0.05, 0) is 6.07 Å². The monoisotopic (exact) mass is 191 g/mol. The highest BCUT2D eigenvalue weighted by Crippen LogP contribution is 2.27. The molecule has 0 radical (unpaired) electrons. The Morgan fingerprint density at radius 2 is 2.23 bits per heavy atom. The first-order valence-electron chi connectivity index (χ1n) is 3.56. The molecular weight excluding hydrogens is 183 g/mol. The van der Waals surface area contributed by atoms with Gasteiger partial charge in [0.2, 0.25) is 0 Å². The number of hydrogen-bond donors (Lipinski definition) is 0. The SMILES string of the molecule is COc1cc(CF)cnc1C(F)F. The van der Waals surface area contributed by atoms with Crippen LogP contribution in [-0.4, -0.2) is 12.1 Å². The average Bonchev–Trinajstić information content (AvgIpc) is 2.16. The Hall–Kier alpha value is -1.26. The van der Waals surface area contributed by atoms with E-state index in [-0.39, 0.29) is 11.3 Å². The zero-order valence-electron chi connectivity index (χ0n) is 6.93. The van der Waals surface area contributed by atoms with Gasteiger partial charge in [0, 0.05) is 11.8 Å². The fraction of sp³-hybridized carbons (Fsp3) is 0.375. The van der Waals surface area contributed by atoms with E-state index in [4.69, 9.17) is 0 Å². The van der Waals surface area contributed by atoms with Crippen LogP contribution in [0.3, 0.4) is 0 Å². The first-order valence-corrected chi connectivity index (χ1v) is 3.56. The van der Waals surface area contributed by atoms with Crippen LogP contribution in [-0.2, 0) is 6.67 Å². The van der Waals surface area contributed by atoms with E-state index in [0.29, 0.717) is 0 Å². The van der Waals surface area contributed by atoms with Gasteiger partial charge in [-0.25, -0.2) is 13.2 Å². The van der Waals surface area contributed by atoms with Gasteiger partial charge >= 0.3 is 0 Å². The summed E-state index contributed by atoms with van der Waals surface area (Å²) in [4.78, 5) is 3.40. The number of hydrogen-bond acceptors (Lipinski definition) is 2. The zero-order valence-corrected chi connectivity index (χ0v) is 6.93. The van der Waals surface area contributed by atoms with Crippen molar-refractivity contribution in [1.82, 2.24) is 4.98 Å². The van der Waals surface area contributed by atoms with E-state index in [9.17, 15) is 13.2 Å². The lowest BCUT2D eigenvalue weighted by Crippen LogP contribution is -1.97. The minimum absolute atomic E-state index is 0.0786. The van der Waals surface area contributed by atoms with Crippen molar-refractivity contribution in [2.24, 2.45) is 0 Å². The van der Waals surface area contributed by atoms with Gasteiger partial charge in [0.15, 0.2) is 0 Å². The molecule has 5 heteroatoms. The summed E-state index contributed by atoms with van der Waals surface area (Å²) in [7, 11) is 1.24. The summed E-state index contributed by atoms with van der Waals surface area (Å²) in [5.74, 6) is -0.0786. The Bertz CT molecular complexity index is 291. The number of ether oxygens (including phenoxy) is 1. The topological polar surface area (TPSA) is 22.1 Å². The fourth-order valence-electron chi connectivity index (χ4n) is 0.896. The van der Waals surface area contributed by atoms with Gasteiger partial charge in [-0.2, -0.15) is 0 Å². The van der Waals surface area contributed by atoms with E-state index >= 15 is 0 Å². The number of halogens is 3. The van der Waals surface area contributed by atoms with E-state index in [1.807, 2.05) is 0 Å². The van der Waals surface area contributed by atoms with Crippen molar-refractivity contribution in [3.8, 4) is 5.75 Å². The quantitative estimate of drug-likeness (QED) is 0.732. The molecule has 1 heterocycles. The highest BCUT2D eigenvalue weighted by atomic mass is 19.3. The molecule has 0 unspecified atom stereocenters. The Kier molecular flexibility index (Phi) is 3.11. The van der Waals surface area contributed by atoms with Crippen molar-refractivity contribution >= 4 is 0 Å². The van der Waals surface area contributed by atoms with Crippen molar-refractivity contribution in [3.63, 3.8) is 0 Å². The fourth-order valence-corrected chi connectivity index (χ4v) is 0.896. The van der Waals surface area contributed by atoms with Crippen LogP contribution >= 0.6 is 0 Å². The summed E-state index contributed by atoms with van der Waals surface area (Å²) >= 11 is 0. The molecule has 72 valence electrons. The number of nitrogens with zero attached hydrogens (tertiary/aromatic N) is 1. The zero-order chi connectivity index (χ0) is 9.84. The molecule has 0 atom stereocenters. The molecule has 1 rings (SSSR count). The van der Waals surface area contributed by atoms with Crippen LogP contribution in [0.5, 0.6) is 5.75 Å². The predicted octanol–water partition coefficient (Wildman–Crippen LogP) is 2.50. The van der Waals surface area contributed by atoms with Crippen molar-refractivity contribution in [2.45, 2.75) is 13.1 Å². The van der Waals surface area contributed by atoms with Crippen molar-refractivity contribution in [1.29, 1.82) is 0 Å². The number of pyridine rings is 1. The summed E-state index contributed by atoms with van der Waals surface area (Å²) in [6.45, 7) is -0.743. The highest BCUT2D eigenvalue weighted by Gasteiger charge is 2.15. The molecule has 0 amide bonds. The van der Waals surface area contributed by atoms with Crippen LogP contribution in [0.15, 0.2) is 12.3 Å². The number of rotatable bonds is 3. The Labute approximate surface area is 73.4 Å². The molecule has 2 nitrogen and oxygen atoms in total. The van der Waals surface area contributed by atoms with Gasteiger partial charge in [0.25, 0.3) is 6.43 Å². The molecule has 1 aromatic heterocycles. The van der Waals surface area contributed by atoms with E-state index in [1.165, 1.54) is 13.2 Å². The first kappa shape index (κ1) is 9.83. The standard InChI is InChI=1S/C8H8F3NO/c1-13-6-2-5(3-9)4-12-7(6)8(10)11/h2,4,8H,3H2,1H3. The third kappa shape index (κ3) is 2.11. The van der Waals surface area contributed by atoms with Gasteiger partial charge in [0.1, 0.15) is 18.1 Å². The Morgan fingerprint density at radius 3 is 2.69 bits per heavy atom. The maximum absolute atomic E-state index is 12.2. The molecular formula is C8H8F3NO. The summed E-state index contributed by atoms with van der Waals surface area (Å²) in [6.07, 6.45) is -1.63. The van der Waals surface area contributed by atoms with E-state index < -0.39 is 18.8 Å². The lowest BCUT2D eigenvalue weighted by atomic mass is 10.2. The van der Waals surface area contributed by atoms with Crippen LogP contribution in [0.2, 0.25) is 0 Å². The smallest absolute Gasteiger partial charge is 0.284 e. The summed E-state index contributed by atoms with van der Waals surface area (Å²) in [5, 5.41) is 0. The summed E-state index contributed by atoms with van der Waals surface area (Å²) < 4.78 is 41.2. The molecule has 0 N–H and O–H groups in total. The lowest BCUT2D eigenvalue weighted by Gasteiger charge is -2.06. The number of alkyl halides is 3. The molecule has 0 aliphatic rings. The molecule has 0 saturated heterocycles. The molecule has 0 spiro atoms. The molecule has 0 bridgehead atoms. The normalized spacial score (nSPS) is 10.5. The number of methoxy groups -OCH3 is 1. The van der Waals surface area contributed by atoms with Crippen LogP contribution in [0.1, 0.15) is 17.7 Å². The second-order valence-corrected chi connectivity index (χ2v) is 2.37. The van der Waals surface area contributed by atoms with Crippen molar-refractivity contribution in [3.05, 3.63) is 23.5 Å². The third-order valence-corrected chi connectivity index (χ3v) is 1.52. The maximum atomic E-state index is 12.2. The van der Waals surface area contributed by atoms with Crippen molar-refractivity contribution < 1.29 is 17.9 Å². The Balaban J connectivity index is 3.08. The minimum atomic E-state index is -2.70. The highest BCUT2D eigenvalue weighted by molar-refractivity contribution is 5.31.